The fourth-order valence-electron chi connectivity index (χ4n) is 2.67. The molecule has 0 aliphatic carbocycles. The van der Waals surface area contributed by atoms with Gasteiger partial charge in [-0.05, 0) is 29.1 Å². The SMILES string of the molecule is CCNC(c1ccccc1Cl)c1cncc2ccccc12. The van der Waals surface area contributed by atoms with Gasteiger partial charge < -0.3 is 5.32 Å². The number of aromatic nitrogens is 1. The number of rotatable bonds is 4. The van der Waals surface area contributed by atoms with Gasteiger partial charge in [-0.2, -0.15) is 0 Å². The van der Waals surface area contributed by atoms with Gasteiger partial charge in [0.15, 0.2) is 0 Å². The summed E-state index contributed by atoms with van der Waals surface area (Å²) in [6, 6.07) is 16.3. The van der Waals surface area contributed by atoms with E-state index in [0.29, 0.717) is 0 Å². The zero-order valence-electron chi connectivity index (χ0n) is 11.9. The molecule has 1 unspecified atom stereocenters. The third-order valence-corrected chi connectivity index (χ3v) is 3.98. The molecule has 21 heavy (non-hydrogen) atoms. The Balaban J connectivity index is 2.19. The molecule has 106 valence electrons. The molecule has 0 fully saturated rings. The van der Waals surface area contributed by atoms with Gasteiger partial charge in [-0.3, -0.25) is 4.98 Å². The van der Waals surface area contributed by atoms with Crippen LogP contribution in [0.25, 0.3) is 10.8 Å². The molecule has 3 rings (SSSR count). The van der Waals surface area contributed by atoms with Crippen LogP contribution in [-0.4, -0.2) is 11.5 Å². The smallest absolute Gasteiger partial charge is 0.0612 e. The maximum Gasteiger partial charge on any atom is 0.0612 e. The zero-order valence-corrected chi connectivity index (χ0v) is 12.6. The van der Waals surface area contributed by atoms with Gasteiger partial charge >= 0.3 is 0 Å². The van der Waals surface area contributed by atoms with Crippen LogP contribution in [0.5, 0.6) is 0 Å². The first kappa shape index (κ1) is 14.1. The molecule has 0 amide bonds. The largest absolute Gasteiger partial charge is 0.306 e. The van der Waals surface area contributed by atoms with Crippen LogP contribution in [0.15, 0.2) is 60.9 Å². The van der Waals surface area contributed by atoms with Gasteiger partial charge in [-0.15, -0.1) is 0 Å². The van der Waals surface area contributed by atoms with Gasteiger partial charge in [-0.1, -0.05) is 61.0 Å². The summed E-state index contributed by atoms with van der Waals surface area (Å²) in [5, 5.41) is 6.65. The van der Waals surface area contributed by atoms with E-state index in [1.165, 1.54) is 5.39 Å². The highest BCUT2D eigenvalue weighted by atomic mass is 35.5. The van der Waals surface area contributed by atoms with Crippen LogP contribution in [0.3, 0.4) is 0 Å². The number of hydrogen-bond acceptors (Lipinski definition) is 2. The van der Waals surface area contributed by atoms with Gasteiger partial charge in [0.05, 0.1) is 6.04 Å². The van der Waals surface area contributed by atoms with E-state index in [0.717, 1.165) is 28.1 Å². The molecule has 0 radical (unpaired) electrons. The molecule has 0 spiro atoms. The van der Waals surface area contributed by atoms with Crippen molar-refractivity contribution in [2.45, 2.75) is 13.0 Å². The van der Waals surface area contributed by atoms with Crippen LogP contribution in [0.4, 0.5) is 0 Å². The molecule has 3 heteroatoms. The quantitative estimate of drug-likeness (QED) is 0.762. The molecule has 2 aromatic carbocycles. The highest BCUT2D eigenvalue weighted by molar-refractivity contribution is 6.31. The maximum absolute atomic E-state index is 6.40. The molecule has 0 aliphatic rings. The summed E-state index contributed by atoms with van der Waals surface area (Å²) >= 11 is 6.40. The maximum atomic E-state index is 6.40. The average molecular weight is 297 g/mol. The van der Waals surface area contributed by atoms with Gasteiger partial charge in [0, 0.05) is 22.8 Å². The van der Waals surface area contributed by atoms with Gasteiger partial charge in [-0.25, -0.2) is 0 Å². The molecule has 1 heterocycles. The Morgan fingerprint density at radius 2 is 1.76 bits per heavy atom. The number of benzene rings is 2. The van der Waals surface area contributed by atoms with Crippen molar-refractivity contribution in [1.82, 2.24) is 10.3 Å². The lowest BCUT2D eigenvalue weighted by atomic mass is 9.95. The Morgan fingerprint density at radius 3 is 2.57 bits per heavy atom. The highest BCUT2D eigenvalue weighted by Crippen LogP contribution is 2.31. The molecule has 1 aromatic heterocycles. The molecule has 1 atom stereocenters. The van der Waals surface area contributed by atoms with Crippen LogP contribution in [0.1, 0.15) is 24.1 Å². The number of hydrogen-bond donors (Lipinski definition) is 1. The normalized spacial score (nSPS) is 12.5. The van der Waals surface area contributed by atoms with E-state index in [-0.39, 0.29) is 6.04 Å². The predicted octanol–water partition coefficient (Wildman–Crippen LogP) is 4.59. The Morgan fingerprint density at radius 1 is 1.00 bits per heavy atom. The minimum absolute atomic E-state index is 0.0438. The molecule has 2 nitrogen and oxygen atoms in total. The summed E-state index contributed by atoms with van der Waals surface area (Å²) in [5.41, 5.74) is 2.24. The van der Waals surface area contributed by atoms with Crippen LogP contribution < -0.4 is 5.32 Å². The van der Waals surface area contributed by atoms with Gasteiger partial charge in [0.2, 0.25) is 0 Å². The summed E-state index contributed by atoms with van der Waals surface area (Å²) in [6.45, 7) is 2.96. The molecule has 0 aliphatic heterocycles. The zero-order chi connectivity index (χ0) is 14.7. The number of nitrogens with one attached hydrogen (secondary N) is 1. The first-order valence-electron chi connectivity index (χ1n) is 7.11. The van der Waals surface area contributed by atoms with Crippen molar-refractivity contribution in [2.75, 3.05) is 6.54 Å². The van der Waals surface area contributed by atoms with Gasteiger partial charge in [0.1, 0.15) is 0 Å². The number of pyridine rings is 1. The predicted molar refractivity (Wildman–Crippen MR) is 88.7 cm³/mol. The standard InChI is InChI=1S/C18H17ClN2/c1-2-21-18(15-9-5-6-10-17(15)19)16-12-20-11-13-7-3-4-8-14(13)16/h3-12,18,21H,2H2,1H3. The number of nitrogens with zero attached hydrogens (tertiary/aromatic N) is 1. The lowest BCUT2D eigenvalue weighted by Gasteiger charge is -2.21. The lowest BCUT2D eigenvalue weighted by Crippen LogP contribution is -2.22. The van der Waals surface area contributed by atoms with Crippen molar-refractivity contribution in [2.24, 2.45) is 0 Å². The van der Waals surface area contributed by atoms with Crippen LogP contribution in [0, 0.1) is 0 Å². The third kappa shape index (κ3) is 2.78. The minimum atomic E-state index is 0.0438. The lowest BCUT2D eigenvalue weighted by molar-refractivity contribution is 0.633. The second-order valence-corrected chi connectivity index (χ2v) is 5.37. The van der Waals surface area contributed by atoms with Crippen molar-refractivity contribution in [3.8, 4) is 0 Å². The van der Waals surface area contributed by atoms with E-state index in [4.69, 9.17) is 11.6 Å². The fraction of sp³-hybridized carbons (Fsp3) is 0.167. The first-order chi connectivity index (χ1) is 10.3. The molecule has 0 saturated carbocycles. The summed E-state index contributed by atoms with van der Waals surface area (Å²) in [7, 11) is 0. The molecule has 0 bridgehead atoms. The Kier molecular flexibility index (Phi) is 4.18. The summed E-state index contributed by atoms with van der Waals surface area (Å²) in [5.74, 6) is 0. The van der Waals surface area contributed by atoms with E-state index in [1.54, 1.807) is 0 Å². The summed E-state index contributed by atoms with van der Waals surface area (Å²) < 4.78 is 0. The van der Waals surface area contributed by atoms with E-state index < -0.39 is 0 Å². The van der Waals surface area contributed by atoms with Crippen molar-refractivity contribution >= 4 is 22.4 Å². The van der Waals surface area contributed by atoms with Crippen molar-refractivity contribution in [3.63, 3.8) is 0 Å². The summed E-state index contributed by atoms with van der Waals surface area (Å²) in [4.78, 5) is 4.39. The van der Waals surface area contributed by atoms with E-state index in [9.17, 15) is 0 Å². The molecule has 0 saturated heterocycles. The second-order valence-electron chi connectivity index (χ2n) is 4.96. The van der Waals surface area contributed by atoms with E-state index in [1.807, 2.05) is 36.7 Å². The first-order valence-corrected chi connectivity index (χ1v) is 7.49. The minimum Gasteiger partial charge on any atom is -0.306 e. The van der Waals surface area contributed by atoms with Crippen molar-refractivity contribution < 1.29 is 0 Å². The number of halogens is 1. The van der Waals surface area contributed by atoms with E-state index in [2.05, 4.69) is 41.5 Å². The Hall–Kier alpha value is -1.90. The van der Waals surface area contributed by atoms with Gasteiger partial charge in [0.25, 0.3) is 0 Å². The van der Waals surface area contributed by atoms with Crippen LogP contribution in [0.2, 0.25) is 5.02 Å². The highest BCUT2D eigenvalue weighted by Gasteiger charge is 2.18. The Labute approximate surface area is 129 Å². The fourth-order valence-corrected chi connectivity index (χ4v) is 2.92. The van der Waals surface area contributed by atoms with Crippen molar-refractivity contribution in [3.05, 3.63) is 77.1 Å². The topological polar surface area (TPSA) is 24.9 Å². The molecule has 3 aromatic rings. The van der Waals surface area contributed by atoms with Crippen LogP contribution in [-0.2, 0) is 0 Å². The average Bonchev–Trinajstić information content (AvgIpc) is 2.53. The van der Waals surface area contributed by atoms with Crippen LogP contribution >= 0.6 is 11.6 Å². The third-order valence-electron chi connectivity index (χ3n) is 3.63. The molecular formula is C18H17ClN2. The second kappa shape index (κ2) is 6.25. The molecule has 1 N–H and O–H groups in total. The monoisotopic (exact) mass is 296 g/mol. The summed E-state index contributed by atoms with van der Waals surface area (Å²) in [6.07, 6.45) is 3.83. The van der Waals surface area contributed by atoms with E-state index >= 15 is 0 Å². The van der Waals surface area contributed by atoms with Crippen molar-refractivity contribution in [1.29, 1.82) is 0 Å². The number of fused-ring (bicyclic) bond motifs is 1. The molecular weight excluding hydrogens is 280 g/mol. The Bertz CT molecular complexity index is 750.